The van der Waals surface area contributed by atoms with E-state index in [4.69, 9.17) is 0 Å². The van der Waals surface area contributed by atoms with Crippen LogP contribution in [0.2, 0.25) is 0 Å². The van der Waals surface area contributed by atoms with Gasteiger partial charge in [-0.1, -0.05) is 77.6 Å². The highest BCUT2D eigenvalue weighted by Gasteiger charge is 1.94. The lowest BCUT2D eigenvalue weighted by molar-refractivity contribution is 0.528. The van der Waals surface area contributed by atoms with Crippen molar-refractivity contribution < 1.29 is 0 Å². The van der Waals surface area contributed by atoms with Gasteiger partial charge >= 0.3 is 0 Å². The van der Waals surface area contributed by atoms with Gasteiger partial charge in [0.05, 0.1) is 6.33 Å². The van der Waals surface area contributed by atoms with Gasteiger partial charge in [-0.2, -0.15) is 0 Å². The smallest absolute Gasteiger partial charge is 0.0945 e. The zero-order chi connectivity index (χ0) is 13.6. The largest absolute Gasteiger partial charge is 0.337 e. The lowest BCUT2D eigenvalue weighted by Crippen LogP contribution is -1.93. The number of hydrogen-bond acceptors (Lipinski definition) is 1. The van der Waals surface area contributed by atoms with Crippen molar-refractivity contribution in [2.24, 2.45) is 0 Å². The highest BCUT2D eigenvalue weighted by Crippen LogP contribution is 2.12. The van der Waals surface area contributed by atoms with Crippen LogP contribution in [0.15, 0.2) is 18.7 Å². The van der Waals surface area contributed by atoms with Gasteiger partial charge in [-0.05, 0) is 6.42 Å². The third kappa shape index (κ3) is 9.75. The van der Waals surface area contributed by atoms with E-state index in [1.807, 2.05) is 12.5 Å². The van der Waals surface area contributed by atoms with Gasteiger partial charge in [0.15, 0.2) is 0 Å². The molecule has 0 aromatic carbocycles. The Hall–Kier alpha value is -0.790. The molecule has 1 heterocycles. The number of aryl methyl sites for hydroxylation is 1. The molecule has 0 saturated heterocycles. The van der Waals surface area contributed by atoms with E-state index >= 15 is 0 Å². The van der Waals surface area contributed by atoms with Crippen molar-refractivity contribution >= 4 is 0 Å². The fourth-order valence-corrected chi connectivity index (χ4v) is 2.55. The standard InChI is InChI=1S/C17H32N2/c1-2-3-4-5-6-7-8-9-10-11-12-13-15-19-16-14-18-17-19/h14,16-17H,2-13,15H2,1H3. The number of unbranched alkanes of at least 4 members (excludes halogenated alkanes) is 11. The minimum atomic E-state index is 1.14. The van der Waals surface area contributed by atoms with Crippen molar-refractivity contribution in [2.45, 2.75) is 90.5 Å². The molecule has 1 aromatic rings. The van der Waals surface area contributed by atoms with E-state index in [-0.39, 0.29) is 0 Å². The first kappa shape index (κ1) is 16.3. The minimum Gasteiger partial charge on any atom is -0.337 e. The Balaban J connectivity index is 1.72. The summed E-state index contributed by atoms with van der Waals surface area (Å²) < 4.78 is 2.18. The monoisotopic (exact) mass is 264 g/mol. The van der Waals surface area contributed by atoms with Gasteiger partial charge in [0.1, 0.15) is 0 Å². The Morgan fingerprint density at radius 3 is 1.74 bits per heavy atom. The molecule has 0 fully saturated rings. The van der Waals surface area contributed by atoms with E-state index < -0.39 is 0 Å². The van der Waals surface area contributed by atoms with E-state index in [2.05, 4.69) is 22.7 Å². The van der Waals surface area contributed by atoms with Gasteiger partial charge in [0, 0.05) is 18.9 Å². The summed E-state index contributed by atoms with van der Waals surface area (Å²) in [5.74, 6) is 0. The molecule has 110 valence electrons. The van der Waals surface area contributed by atoms with Crippen LogP contribution >= 0.6 is 0 Å². The predicted octanol–water partition coefficient (Wildman–Crippen LogP) is 5.58. The zero-order valence-electron chi connectivity index (χ0n) is 12.8. The lowest BCUT2D eigenvalue weighted by atomic mass is 10.1. The molecule has 0 saturated carbocycles. The van der Waals surface area contributed by atoms with Crippen LogP contribution in [0.3, 0.4) is 0 Å². The molecule has 19 heavy (non-hydrogen) atoms. The van der Waals surface area contributed by atoms with E-state index in [9.17, 15) is 0 Å². The van der Waals surface area contributed by atoms with Gasteiger partial charge in [0.25, 0.3) is 0 Å². The molecule has 0 amide bonds. The average molecular weight is 264 g/mol. The fraction of sp³-hybridized carbons (Fsp3) is 0.824. The van der Waals surface area contributed by atoms with Crippen molar-refractivity contribution in [3.63, 3.8) is 0 Å². The van der Waals surface area contributed by atoms with Crippen LogP contribution in [0, 0.1) is 0 Å². The number of imidazole rings is 1. The molecular formula is C17H32N2. The first-order valence-electron chi connectivity index (χ1n) is 8.39. The molecule has 0 aliphatic rings. The quantitative estimate of drug-likeness (QED) is 0.425. The molecule has 0 aliphatic heterocycles. The lowest BCUT2D eigenvalue weighted by Gasteiger charge is -2.03. The van der Waals surface area contributed by atoms with E-state index in [1.165, 1.54) is 77.0 Å². The molecule has 1 rings (SSSR count). The molecule has 0 atom stereocenters. The van der Waals surface area contributed by atoms with E-state index in [0.717, 1.165) is 6.54 Å². The number of rotatable bonds is 13. The summed E-state index contributed by atoms with van der Waals surface area (Å²) in [7, 11) is 0. The van der Waals surface area contributed by atoms with Crippen LogP contribution in [-0.4, -0.2) is 9.55 Å². The molecule has 0 spiro atoms. The second-order valence-electron chi connectivity index (χ2n) is 5.69. The number of hydrogen-bond donors (Lipinski definition) is 0. The molecule has 2 nitrogen and oxygen atoms in total. The normalized spacial score (nSPS) is 11.0. The molecular weight excluding hydrogens is 232 g/mol. The van der Waals surface area contributed by atoms with Gasteiger partial charge in [0.2, 0.25) is 0 Å². The van der Waals surface area contributed by atoms with Crippen molar-refractivity contribution in [1.82, 2.24) is 9.55 Å². The number of nitrogens with zero attached hydrogens (tertiary/aromatic N) is 2. The van der Waals surface area contributed by atoms with E-state index in [0.29, 0.717) is 0 Å². The maximum atomic E-state index is 4.06. The highest BCUT2D eigenvalue weighted by molar-refractivity contribution is 4.73. The topological polar surface area (TPSA) is 17.8 Å². The highest BCUT2D eigenvalue weighted by atomic mass is 15.0. The summed E-state index contributed by atoms with van der Waals surface area (Å²) in [4.78, 5) is 4.06. The van der Waals surface area contributed by atoms with Crippen LogP contribution in [-0.2, 0) is 6.54 Å². The molecule has 1 aromatic heterocycles. The maximum Gasteiger partial charge on any atom is 0.0945 e. The second kappa shape index (κ2) is 12.3. The minimum absolute atomic E-state index is 1.14. The van der Waals surface area contributed by atoms with Crippen molar-refractivity contribution in [1.29, 1.82) is 0 Å². The zero-order valence-corrected chi connectivity index (χ0v) is 12.8. The molecule has 0 N–H and O–H groups in total. The first-order valence-corrected chi connectivity index (χ1v) is 8.39. The van der Waals surface area contributed by atoms with Gasteiger partial charge in [-0.25, -0.2) is 4.98 Å². The molecule has 0 radical (unpaired) electrons. The molecule has 0 aliphatic carbocycles. The van der Waals surface area contributed by atoms with Crippen molar-refractivity contribution in [2.75, 3.05) is 0 Å². The fourth-order valence-electron chi connectivity index (χ4n) is 2.55. The molecule has 0 bridgehead atoms. The number of aromatic nitrogens is 2. The van der Waals surface area contributed by atoms with Crippen molar-refractivity contribution in [3.8, 4) is 0 Å². The van der Waals surface area contributed by atoms with Gasteiger partial charge < -0.3 is 4.57 Å². The Morgan fingerprint density at radius 1 is 0.737 bits per heavy atom. The Labute approximate surface area is 119 Å². The SMILES string of the molecule is CCCCCCCCCCCCCCn1ccnc1. The van der Waals surface area contributed by atoms with Crippen LogP contribution in [0.4, 0.5) is 0 Å². The van der Waals surface area contributed by atoms with Gasteiger partial charge in [-0.3, -0.25) is 0 Å². The summed E-state index contributed by atoms with van der Waals surface area (Å²) in [5, 5.41) is 0. The summed E-state index contributed by atoms with van der Waals surface area (Å²) in [5.41, 5.74) is 0. The average Bonchev–Trinajstić information content (AvgIpc) is 2.93. The van der Waals surface area contributed by atoms with Crippen LogP contribution in [0.1, 0.15) is 84.0 Å². The van der Waals surface area contributed by atoms with Crippen LogP contribution in [0.5, 0.6) is 0 Å². The third-order valence-electron chi connectivity index (χ3n) is 3.83. The molecule has 0 unspecified atom stereocenters. The predicted molar refractivity (Wildman–Crippen MR) is 83.3 cm³/mol. The first-order chi connectivity index (χ1) is 9.43. The summed E-state index contributed by atoms with van der Waals surface area (Å²) in [6.45, 7) is 3.42. The van der Waals surface area contributed by atoms with Crippen LogP contribution < -0.4 is 0 Å². The van der Waals surface area contributed by atoms with Gasteiger partial charge in [-0.15, -0.1) is 0 Å². The van der Waals surface area contributed by atoms with Crippen molar-refractivity contribution in [3.05, 3.63) is 18.7 Å². The third-order valence-corrected chi connectivity index (χ3v) is 3.83. The summed E-state index contributed by atoms with van der Waals surface area (Å²) in [6.07, 6.45) is 22.8. The summed E-state index contributed by atoms with van der Waals surface area (Å²) >= 11 is 0. The Bertz CT molecular complexity index is 267. The Kier molecular flexibility index (Phi) is 10.5. The second-order valence-corrected chi connectivity index (χ2v) is 5.69. The Morgan fingerprint density at radius 2 is 1.26 bits per heavy atom. The van der Waals surface area contributed by atoms with Crippen LogP contribution in [0.25, 0.3) is 0 Å². The molecule has 2 heteroatoms. The summed E-state index contributed by atoms with van der Waals surface area (Å²) in [6, 6.07) is 0. The maximum absolute atomic E-state index is 4.06. The van der Waals surface area contributed by atoms with E-state index in [1.54, 1.807) is 0 Å².